The average molecular weight is 471 g/mol. The van der Waals surface area contributed by atoms with Crippen LogP contribution in [0.15, 0.2) is 54.6 Å². The lowest BCUT2D eigenvalue weighted by atomic mass is 10.0. The molecule has 0 bridgehead atoms. The minimum Gasteiger partial charge on any atom is -0.489 e. The largest absolute Gasteiger partial charge is 0.489 e. The number of benzene rings is 3. The van der Waals surface area contributed by atoms with Gasteiger partial charge in [-0.15, -0.1) is 0 Å². The van der Waals surface area contributed by atoms with E-state index in [1.807, 2.05) is 6.07 Å². The van der Waals surface area contributed by atoms with Gasteiger partial charge >= 0.3 is 12.1 Å². The fraction of sp³-hybridized carbons (Fsp3) is 0.167. The molecular formula is C24H16F3NO6. The fourth-order valence-electron chi connectivity index (χ4n) is 3.38. The van der Waals surface area contributed by atoms with Crippen molar-refractivity contribution >= 4 is 5.97 Å². The van der Waals surface area contributed by atoms with Crippen molar-refractivity contribution in [1.82, 2.24) is 0 Å². The molecule has 34 heavy (non-hydrogen) atoms. The van der Waals surface area contributed by atoms with Crippen LogP contribution in [0.25, 0.3) is 0 Å². The molecule has 1 heterocycles. The Balaban J connectivity index is 1.60. The van der Waals surface area contributed by atoms with Crippen molar-refractivity contribution in [2.24, 2.45) is 0 Å². The number of alkyl halides is 3. The topological polar surface area (TPSA) is 98.0 Å². The van der Waals surface area contributed by atoms with Crippen LogP contribution in [0.4, 0.5) is 13.2 Å². The van der Waals surface area contributed by atoms with Gasteiger partial charge in [0.15, 0.2) is 11.5 Å². The van der Waals surface area contributed by atoms with Crippen LogP contribution < -0.4 is 18.9 Å². The van der Waals surface area contributed by atoms with Crippen molar-refractivity contribution in [1.29, 1.82) is 5.26 Å². The van der Waals surface area contributed by atoms with E-state index in [4.69, 9.17) is 24.1 Å². The van der Waals surface area contributed by atoms with Crippen LogP contribution in [-0.2, 0) is 24.0 Å². The number of carboxylic acids is 1. The van der Waals surface area contributed by atoms with Gasteiger partial charge in [-0.1, -0.05) is 18.2 Å². The quantitative estimate of drug-likeness (QED) is 0.499. The monoisotopic (exact) mass is 471 g/mol. The first-order valence-corrected chi connectivity index (χ1v) is 9.89. The molecule has 0 spiro atoms. The molecule has 3 aromatic rings. The van der Waals surface area contributed by atoms with Crippen molar-refractivity contribution in [3.05, 3.63) is 76.9 Å². The van der Waals surface area contributed by atoms with Crippen molar-refractivity contribution < 1.29 is 42.0 Å². The molecule has 10 heteroatoms. The van der Waals surface area contributed by atoms with Crippen LogP contribution in [0, 0.1) is 11.3 Å². The Labute approximate surface area is 191 Å². The van der Waals surface area contributed by atoms with E-state index in [0.717, 1.165) is 17.7 Å². The zero-order chi connectivity index (χ0) is 24.3. The molecule has 0 aromatic heterocycles. The van der Waals surface area contributed by atoms with Crippen molar-refractivity contribution in [3.8, 4) is 34.8 Å². The Hall–Kier alpha value is -4.39. The maximum Gasteiger partial charge on any atom is 0.420 e. The lowest BCUT2D eigenvalue weighted by Gasteiger charge is -2.18. The number of hydrogen-bond acceptors (Lipinski definition) is 6. The van der Waals surface area contributed by atoms with Gasteiger partial charge in [0.25, 0.3) is 0 Å². The molecule has 1 aliphatic heterocycles. The summed E-state index contributed by atoms with van der Waals surface area (Å²) < 4.78 is 63.0. The summed E-state index contributed by atoms with van der Waals surface area (Å²) in [5, 5.41) is 18.4. The summed E-state index contributed by atoms with van der Waals surface area (Å²) >= 11 is 0. The highest BCUT2D eigenvalue weighted by atomic mass is 19.4. The number of carbonyl (C=O) groups is 1. The maximum atomic E-state index is 13.7. The van der Waals surface area contributed by atoms with E-state index in [1.54, 1.807) is 18.2 Å². The summed E-state index contributed by atoms with van der Waals surface area (Å²) in [7, 11) is 0. The minimum absolute atomic E-state index is 0.0211. The Morgan fingerprint density at radius 1 is 1.06 bits per heavy atom. The van der Waals surface area contributed by atoms with Crippen LogP contribution in [0.2, 0.25) is 0 Å². The first kappa shape index (κ1) is 22.8. The van der Waals surface area contributed by atoms with Crippen LogP contribution in [0.3, 0.4) is 0 Å². The van der Waals surface area contributed by atoms with Gasteiger partial charge in [0.2, 0.25) is 6.79 Å². The van der Waals surface area contributed by atoms with Crippen LogP contribution in [-0.4, -0.2) is 17.9 Å². The summed E-state index contributed by atoms with van der Waals surface area (Å²) in [5.41, 5.74) is -0.928. The zero-order valence-electron chi connectivity index (χ0n) is 17.4. The van der Waals surface area contributed by atoms with Gasteiger partial charge in [0.1, 0.15) is 35.5 Å². The standard InChI is InChI=1S/C24H16F3NO6/c25-24(26,27)23-15(9-22(29)30)2-1-3-19(23)34-20-10-17(6-5-16(20)11-28)31-12-14-4-7-18-21(8-14)33-13-32-18/h1-8,10H,9,12-13H2,(H,29,30). The first-order valence-electron chi connectivity index (χ1n) is 9.89. The molecule has 0 unspecified atom stereocenters. The number of rotatable bonds is 7. The van der Waals surface area contributed by atoms with Crippen LogP contribution >= 0.6 is 0 Å². The number of nitrogens with zero attached hydrogens (tertiary/aromatic N) is 1. The summed E-state index contributed by atoms with van der Waals surface area (Å²) in [6.45, 7) is 0.243. The van der Waals surface area contributed by atoms with Gasteiger partial charge in [-0.2, -0.15) is 18.4 Å². The van der Waals surface area contributed by atoms with Gasteiger partial charge in [0.05, 0.1) is 12.0 Å². The van der Waals surface area contributed by atoms with Crippen molar-refractivity contribution in [2.45, 2.75) is 19.2 Å². The Morgan fingerprint density at radius 3 is 2.59 bits per heavy atom. The Bertz CT molecular complexity index is 1280. The van der Waals surface area contributed by atoms with E-state index < -0.39 is 35.4 Å². The number of nitriles is 1. The molecule has 174 valence electrons. The third kappa shape index (κ3) is 4.99. The molecule has 0 radical (unpaired) electrons. The highest BCUT2D eigenvalue weighted by Gasteiger charge is 2.38. The summed E-state index contributed by atoms with van der Waals surface area (Å²) in [6, 6.07) is 14.7. The van der Waals surface area contributed by atoms with E-state index in [0.29, 0.717) is 11.5 Å². The molecule has 0 fully saturated rings. The number of hydrogen-bond donors (Lipinski definition) is 1. The molecule has 0 saturated heterocycles. The van der Waals surface area contributed by atoms with Crippen molar-refractivity contribution in [3.63, 3.8) is 0 Å². The molecule has 0 amide bonds. The molecule has 0 saturated carbocycles. The van der Waals surface area contributed by atoms with Gasteiger partial charge in [-0.3, -0.25) is 4.79 Å². The third-order valence-electron chi connectivity index (χ3n) is 4.87. The maximum absolute atomic E-state index is 13.7. The van der Waals surface area contributed by atoms with Gasteiger partial charge < -0.3 is 24.1 Å². The SMILES string of the molecule is N#Cc1ccc(OCc2ccc3c(c2)OCO3)cc1Oc1cccc(CC(=O)O)c1C(F)(F)F. The lowest BCUT2D eigenvalue weighted by molar-refractivity contribution is -0.140. The zero-order valence-corrected chi connectivity index (χ0v) is 17.4. The second-order valence-corrected chi connectivity index (χ2v) is 7.21. The van der Waals surface area contributed by atoms with Crippen molar-refractivity contribution in [2.75, 3.05) is 6.79 Å². The number of ether oxygens (including phenoxy) is 4. The van der Waals surface area contributed by atoms with E-state index in [-0.39, 0.29) is 30.5 Å². The Morgan fingerprint density at radius 2 is 1.85 bits per heavy atom. The molecule has 7 nitrogen and oxygen atoms in total. The Kier molecular flexibility index (Phi) is 6.19. The fourth-order valence-corrected chi connectivity index (χ4v) is 3.38. The molecule has 0 atom stereocenters. The minimum atomic E-state index is -4.87. The first-order chi connectivity index (χ1) is 16.2. The summed E-state index contributed by atoms with van der Waals surface area (Å²) in [4.78, 5) is 11.0. The number of carboxylic acid groups (broad SMARTS) is 1. The van der Waals surface area contributed by atoms with E-state index >= 15 is 0 Å². The van der Waals surface area contributed by atoms with Gasteiger partial charge in [-0.05, 0) is 41.5 Å². The van der Waals surface area contributed by atoms with Gasteiger partial charge in [-0.25, -0.2) is 0 Å². The second-order valence-electron chi connectivity index (χ2n) is 7.21. The summed E-state index contributed by atoms with van der Waals surface area (Å²) in [5.74, 6) is -0.755. The smallest absolute Gasteiger partial charge is 0.420 e. The molecule has 0 aliphatic carbocycles. The number of aliphatic carboxylic acids is 1. The van der Waals surface area contributed by atoms with Gasteiger partial charge in [0, 0.05) is 6.07 Å². The van der Waals surface area contributed by atoms with Crippen LogP contribution in [0.1, 0.15) is 22.3 Å². The third-order valence-corrected chi connectivity index (χ3v) is 4.87. The number of fused-ring (bicyclic) bond motifs is 1. The molecule has 1 aliphatic rings. The second kappa shape index (κ2) is 9.23. The van der Waals surface area contributed by atoms with Crippen LogP contribution in [0.5, 0.6) is 28.7 Å². The molecule has 1 N–H and O–H groups in total. The predicted molar refractivity (Wildman–Crippen MR) is 111 cm³/mol. The van der Waals surface area contributed by atoms with E-state index in [2.05, 4.69) is 0 Å². The normalized spacial score (nSPS) is 12.2. The highest BCUT2D eigenvalue weighted by Crippen LogP contribution is 2.42. The summed E-state index contributed by atoms with van der Waals surface area (Å²) in [6.07, 6.45) is -5.71. The lowest BCUT2D eigenvalue weighted by Crippen LogP contribution is -2.14. The van der Waals surface area contributed by atoms with E-state index in [1.165, 1.54) is 24.3 Å². The molecule has 3 aromatic carbocycles. The van der Waals surface area contributed by atoms with E-state index in [9.17, 15) is 23.2 Å². The average Bonchev–Trinajstić information content (AvgIpc) is 3.24. The highest BCUT2D eigenvalue weighted by molar-refractivity contribution is 5.71. The predicted octanol–water partition coefficient (Wildman–Crippen LogP) is 5.30. The molecule has 4 rings (SSSR count). The number of halogens is 3. The molecular weight excluding hydrogens is 455 g/mol.